The molecular formula is C18H17ClO4. The summed E-state index contributed by atoms with van der Waals surface area (Å²) in [6.45, 7) is 5.56. The van der Waals surface area contributed by atoms with Gasteiger partial charge in [-0.1, -0.05) is 41.9 Å². The Morgan fingerprint density at radius 2 is 1.70 bits per heavy atom. The number of fused-ring (bicyclic) bond motifs is 1. The molecule has 2 aromatic rings. The maximum Gasteiger partial charge on any atom is 0.341 e. The number of carbonyl (C=O) groups is 1. The summed E-state index contributed by atoms with van der Waals surface area (Å²) >= 11 is 5.96. The number of hydrogen-bond donors (Lipinski definition) is 0. The lowest BCUT2D eigenvalue weighted by Crippen LogP contribution is -2.35. The van der Waals surface area contributed by atoms with E-state index in [1.54, 1.807) is 42.5 Å². The van der Waals surface area contributed by atoms with Crippen LogP contribution in [0.1, 0.15) is 42.3 Å². The van der Waals surface area contributed by atoms with Crippen molar-refractivity contribution < 1.29 is 19.3 Å². The molecule has 0 aromatic heterocycles. The fourth-order valence-electron chi connectivity index (χ4n) is 2.37. The van der Waals surface area contributed by atoms with Crippen molar-refractivity contribution in [2.24, 2.45) is 0 Å². The van der Waals surface area contributed by atoms with Crippen LogP contribution in [0.25, 0.3) is 0 Å². The van der Waals surface area contributed by atoms with E-state index in [-0.39, 0.29) is 0 Å². The van der Waals surface area contributed by atoms with E-state index in [1.807, 2.05) is 26.8 Å². The molecule has 1 aliphatic heterocycles. The standard InChI is InChI=1S/C18H17ClO4/c1-17(2,3)22-23-18(12-8-10-13(19)11-9-12)15-7-5-4-6-14(15)16(20)21-18/h4-11H,1-3H3/t18-/m0/s1. The van der Waals surface area contributed by atoms with Gasteiger partial charge in [0.15, 0.2) is 0 Å². The molecule has 0 amide bonds. The fraction of sp³-hybridized carbons (Fsp3) is 0.278. The van der Waals surface area contributed by atoms with E-state index in [9.17, 15) is 4.79 Å². The van der Waals surface area contributed by atoms with Crippen LogP contribution in [0.4, 0.5) is 0 Å². The molecule has 0 bridgehead atoms. The minimum atomic E-state index is -1.44. The SMILES string of the molecule is CC(C)(C)OO[C@]1(c2ccc(Cl)cc2)OC(=O)c2ccccc21. The van der Waals surface area contributed by atoms with Gasteiger partial charge in [0, 0.05) is 16.1 Å². The summed E-state index contributed by atoms with van der Waals surface area (Å²) < 4.78 is 5.61. The third-order valence-corrected chi connectivity index (χ3v) is 3.62. The van der Waals surface area contributed by atoms with Crippen LogP contribution in [0.5, 0.6) is 0 Å². The predicted octanol–water partition coefficient (Wildman–Crippen LogP) is 4.46. The van der Waals surface area contributed by atoms with Crippen LogP contribution in [-0.2, 0) is 20.3 Å². The molecule has 1 atom stereocenters. The molecule has 23 heavy (non-hydrogen) atoms. The van der Waals surface area contributed by atoms with Crippen LogP contribution in [0.2, 0.25) is 5.02 Å². The second-order valence-electron chi connectivity index (χ2n) is 6.34. The van der Waals surface area contributed by atoms with Crippen LogP contribution >= 0.6 is 11.6 Å². The van der Waals surface area contributed by atoms with Gasteiger partial charge in [0.2, 0.25) is 0 Å². The molecule has 1 aliphatic rings. The number of rotatable bonds is 3. The number of ether oxygens (including phenoxy) is 1. The number of benzene rings is 2. The van der Waals surface area contributed by atoms with Gasteiger partial charge in [0.05, 0.1) is 11.2 Å². The maximum atomic E-state index is 12.3. The minimum Gasteiger partial charge on any atom is -0.418 e. The van der Waals surface area contributed by atoms with Crippen molar-refractivity contribution in [2.45, 2.75) is 32.2 Å². The zero-order valence-electron chi connectivity index (χ0n) is 13.1. The number of cyclic esters (lactones) is 1. The summed E-state index contributed by atoms with van der Waals surface area (Å²) in [4.78, 5) is 23.4. The van der Waals surface area contributed by atoms with Crippen molar-refractivity contribution in [2.75, 3.05) is 0 Å². The molecular weight excluding hydrogens is 316 g/mol. The zero-order valence-corrected chi connectivity index (χ0v) is 13.9. The average molecular weight is 333 g/mol. The second-order valence-corrected chi connectivity index (χ2v) is 6.77. The third-order valence-electron chi connectivity index (χ3n) is 3.37. The van der Waals surface area contributed by atoms with E-state index in [2.05, 4.69) is 0 Å². The second kappa shape index (κ2) is 5.64. The Labute approximate surface area is 139 Å². The van der Waals surface area contributed by atoms with Crippen LogP contribution in [-0.4, -0.2) is 11.6 Å². The lowest BCUT2D eigenvalue weighted by molar-refractivity contribution is -0.440. The van der Waals surface area contributed by atoms with Crippen LogP contribution in [0, 0.1) is 0 Å². The first-order valence-electron chi connectivity index (χ1n) is 7.27. The van der Waals surface area contributed by atoms with Gasteiger partial charge in [-0.15, -0.1) is 0 Å². The van der Waals surface area contributed by atoms with Gasteiger partial charge in [-0.25, -0.2) is 9.68 Å². The normalized spacial score (nSPS) is 20.3. The van der Waals surface area contributed by atoms with E-state index in [1.165, 1.54) is 0 Å². The predicted molar refractivity (Wildman–Crippen MR) is 86.0 cm³/mol. The van der Waals surface area contributed by atoms with Crippen molar-refractivity contribution in [3.63, 3.8) is 0 Å². The minimum absolute atomic E-state index is 0.451. The Morgan fingerprint density at radius 1 is 1.04 bits per heavy atom. The highest BCUT2D eigenvalue weighted by molar-refractivity contribution is 6.30. The molecule has 0 radical (unpaired) electrons. The van der Waals surface area contributed by atoms with Gasteiger partial charge in [0.25, 0.3) is 5.79 Å². The summed E-state index contributed by atoms with van der Waals surface area (Å²) in [5, 5.41) is 0.582. The lowest BCUT2D eigenvalue weighted by Gasteiger charge is -2.31. The maximum absolute atomic E-state index is 12.3. The van der Waals surface area contributed by atoms with E-state index >= 15 is 0 Å². The fourth-order valence-corrected chi connectivity index (χ4v) is 2.49. The Bertz CT molecular complexity index is 733. The topological polar surface area (TPSA) is 44.8 Å². The molecule has 2 aromatic carbocycles. The molecule has 1 heterocycles. The molecule has 0 spiro atoms. The molecule has 0 aliphatic carbocycles. The van der Waals surface area contributed by atoms with Gasteiger partial charge >= 0.3 is 5.97 Å². The molecule has 0 saturated carbocycles. The van der Waals surface area contributed by atoms with Crippen molar-refractivity contribution in [1.82, 2.24) is 0 Å². The molecule has 0 saturated heterocycles. The van der Waals surface area contributed by atoms with Gasteiger partial charge in [0.1, 0.15) is 0 Å². The highest BCUT2D eigenvalue weighted by Gasteiger charge is 2.50. The molecule has 120 valence electrons. The van der Waals surface area contributed by atoms with Crippen molar-refractivity contribution in [3.05, 3.63) is 70.2 Å². The number of halogens is 1. The molecule has 3 rings (SSSR count). The summed E-state index contributed by atoms with van der Waals surface area (Å²) in [5.74, 6) is -1.89. The van der Waals surface area contributed by atoms with E-state index in [0.717, 1.165) is 0 Å². The molecule has 4 nitrogen and oxygen atoms in total. The van der Waals surface area contributed by atoms with E-state index in [4.69, 9.17) is 26.1 Å². The van der Waals surface area contributed by atoms with Gasteiger partial charge in [-0.3, -0.25) is 0 Å². The Balaban J connectivity index is 2.12. The summed E-state index contributed by atoms with van der Waals surface area (Å²) in [6.07, 6.45) is 0. The Morgan fingerprint density at radius 3 is 2.35 bits per heavy atom. The van der Waals surface area contributed by atoms with Crippen molar-refractivity contribution in [3.8, 4) is 0 Å². The largest absolute Gasteiger partial charge is 0.418 e. The first kappa shape index (κ1) is 16.0. The van der Waals surface area contributed by atoms with E-state index < -0.39 is 17.4 Å². The van der Waals surface area contributed by atoms with Crippen molar-refractivity contribution in [1.29, 1.82) is 0 Å². The van der Waals surface area contributed by atoms with Crippen LogP contribution in [0.15, 0.2) is 48.5 Å². The summed E-state index contributed by atoms with van der Waals surface area (Å²) in [5.41, 5.74) is 1.13. The molecule has 0 unspecified atom stereocenters. The molecule has 0 fully saturated rings. The van der Waals surface area contributed by atoms with Gasteiger partial charge < -0.3 is 4.74 Å². The molecule has 5 heteroatoms. The van der Waals surface area contributed by atoms with Crippen LogP contribution in [0.3, 0.4) is 0 Å². The molecule has 0 N–H and O–H groups in total. The Kier molecular flexibility index (Phi) is 3.92. The lowest BCUT2D eigenvalue weighted by atomic mass is 9.96. The monoisotopic (exact) mass is 332 g/mol. The number of esters is 1. The first-order chi connectivity index (χ1) is 10.8. The van der Waals surface area contributed by atoms with Gasteiger partial charge in [-0.05, 0) is 39.0 Å². The smallest absolute Gasteiger partial charge is 0.341 e. The highest BCUT2D eigenvalue weighted by atomic mass is 35.5. The zero-order chi connectivity index (χ0) is 16.7. The van der Waals surface area contributed by atoms with Gasteiger partial charge in [-0.2, -0.15) is 4.89 Å². The summed E-state index contributed by atoms with van der Waals surface area (Å²) in [6, 6.07) is 14.0. The number of hydrogen-bond acceptors (Lipinski definition) is 4. The first-order valence-corrected chi connectivity index (χ1v) is 7.65. The highest BCUT2D eigenvalue weighted by Crippen LogP contribution is 2.43. The van der Waals surface area contributed by atoms with Crippen molar-refractivity contribution >= 4 is 17.6 Å². The quantitative estimate of drug-likeness (QED) is 0.473. The van der Waals surface area contributed by atoms with Crippen LogP contribution < -0.4 is 0 Å². The summed E-state index contributed by atoms with van der Waals surface area (Å²) in [7, 11) is 0. The Hall–Kier alpha value is -1.88. The van der Waals surface area contributed by atoms with E-state index in [0.29, 0.717) is 21.7 Å². The third kappa shape index (κ3) is 2.98. The average Bonchev–Trinajstić information content (AvgIpc) is 2.80. The number of carbonyl (C=O) groups excluding carboxylic acids is 1.